The molecule has 0 spiro atoms. The predicted molar refractivity (Wildman–Crippen MR) is 80.0 cm³/mol. The van der Waals surface area contributed by atoms with Crippen LogP contribution in [0.15, 0.2) is 27.4 Å². The van der Waals surface area contributed by atoms with E-state index >= 15 is 0 Å². The van der Waals surface area contributed by atoms with Gasteiger partial charge in [-0.25, -0.2) is 4.99 Å². The summed E-state index contributed by atoms with van der Waals surface area (Å²) in [6.45, 7) is 11.2. The summed E-state index contributed by atoms with van der Waals surface area (Å²) >= 11 is 0. The molecule has 1 saturated heterocycles. The molecule has 3 nitrogen and oxygen atoms in total. The van der Waals surface area contributed by atoms with Crippen molar-refractivity contribution in [1.29, 1.82) is 0 Å². The molecular weight excluding hydrogens is 234 g/mol. The average molecular weight is 259 g/mol. The molecule has 1 fully saturated rings. The summed E-state index contributed by atoms with van der Waals surface area (Å²) in [6.07, 6.45) is 2.44. The lowest BCUT2D eigenvalue weighted by atomic mass is 9.88. The summed E-state index contributed by atoms with van der Waals surface area (Å²) in [5.41, 5.74) is 6.16. The fourth-order valence-corrected chi connectivity index (χ4v) is 3.40. The molecule has 1 atom stereocenters. The van der Waals surface area contributed by atoms with Crippen molar-refractivity contribution in [1.82, 2.24) is 9.80 Å². The van der Waals surface area contributed by atoms with Gasteiger partial charge in [0.25, 0.3) is 0 Å². The number of likely N-dealkylation sites (N-methyl/N-ethyl adjacent to an activating group) is 1. The fraction of sp³-hybridized carbons (Fsp3) is 0.688. The topological polar surface area (TPSA) is 18.8 Å². The van der Waals surface area contributed by atoms with E-state index in [0.29, 0.717) is 12.0 Å². The van der Waals surface area contributed by atoms with Gasteiger partial charge >= 0.3 is 0 Å². The summed E-state index contributed by atoms with van der Waals surface area (Å²) in [6, 6.07) is 0.444. The van der Waals surface area contributed by atoms with Gasteiger partial charge in [-0.15, -0.1) is 0 Å². The Morgan fingerprint density at radius 2 is 1.84 bits per heavy atom. The van der Waals surface area contributed by atoms with Crippen LogP contribution in [0.3, 0.4) is 0 Å². The van der Waals surface area contributed by atoms with E-state index in [1.807, 2.05) is 0 Å². The molecule has 0 amide bonds. The van der Waals surface area contributed by atoms with Crippen LogP contribution in [0.1, 0.15) is 40.5 Å². The molecule has 19 heavy (non-hydrogen) atoms. The standard InChI is InChI=1S/C16H25N3/c1-10(2)14-9-19-15-12(4)7-6-11(3)13(15)8-18(5)16(19)17-14/h10,14H,6-9H2,1-5H3. The number of allylic oxidation sites excluding steroid dienone is 2. The first-order valence-corrected chi connectivity index (χ1v) is 7.44. The number of aliphatic imine (C=N–C) groups is 1. The highest BCUT2D eigenvalue weighted by molar-refractivity contribution is 5.87. The summed E-state index contributed by atoms with van der Waals surface area (Å²) < 4.78 is 0. The molecule has 104 valence electrons. The number of fused-ring (bicyclic) bond motifs is 3. The Morgan fingerprint density at radius 3 is 2.53 bits per heavy atom. The molecule has 0 aromatic rings. The third kappa shape index (κ3) is 1.90. The molecule has 0 N–H and O–H groups in total. The van der Waals surface area contributed by atoms with E-state index in [9.17, 15) is 0 Å². The second kappa shape index (κ2) is 4.39. The van der Waals surface area contributed by atoms with Crippen molar-refractivity contribution in [2.45, 2.75) is 46.6 Å². The van der Waals surface area contributed by atoms with Crippen LogP contribution in [0.4, 0.5) is 0 Å². The zero-order chi connectivity index (χ0) is 13.7. The third-order valence-corrected chi connectivity index (χ3v) is 4.75. The normalized spacial score (nSPS) is 27.1. The Labute approximate surface area is 116 Å². The van der Waals surface area contributed by atoms with Gasteiger partial charge in [-0.3, -0.25) is 0 Å². The summed E-state index contributed by atoms with van der Waals surface area (Å²) in [5.74, 6) is 1.80. The fourth-order valence-electron chi connectivity index (χ4n) is 3.40. The molecule has 0 saturated carbocycles. The van der Waals surface area contributed by atoms with E-state index in [1.54, 1.807) is 16.7 Å². The molecule has 0 aromatic heterocycles. The van der Waals surface area contributed by atoms with Crippen molar-refractivity contribution in [2.24, 2.45) is 10.9 Å². The number of hydrogen-bond donors (Lipinski definition) is 0. The van der Waals surface area contributed by atoms with Gasteiger partial charge in [0, 0.05) is 25.8 Å². The van der Waals surface area contributed by atoms with E-state index in [-0.39, 0.29) is 0 Å². The first-order chi connectivity index (χ1) is 8.99. The molecule has 2 heterocycles. The van der Waals surface area contributed by atoms with E-state index < -0.39 is 0 Å². The molecule has 0 bridgehead atoms. The lowest BCUT2D eigenvalue weighted by molar-refractivity contribution is 0.371. The van der Waals surface area contributed by atoms with Crippen molar-refractivity contribution in [3.63, 3.8) is 0 Å². The lowest BCUT2D eigenvalue weighted by Gasteiger charge is -2.41. The molecule has 3 rings (SSSR count). The van der Waals surface area contributed by atoms with Crippen LogP contribution in [-0.2, 0) is 0 Å². The molecule has 2 aliphatic heterocycles. The van der Waals surface area contributed by atoms with Gasteiger partial charge in [-0.2, -0.15) is 0 Å². The number of rotatable bonds is 1. The van der Waals surface area contributed by atoms with Crippen LogP contribution in [0.2, 0.25) is 0 Å². The highest BCUT2D eigenvalue weighted by Gasteiger charge is 2.38. The van der Waals surface area contributed by atoms with Crippen LogP contribution in [0, 0.1) is 5.92 Å². The minimum Gasteiger partial charge on any atom is -0.341 e. The zero-order valence-electron chi connectivity index (χ0n) is 12.8. The van der Waals surface area contributed by atoms with Gasteiger partial charge in [0.15, 0.2) is 0 Å². The lowest BCUT2D eigenvalue weighted by Crippen LogP contribution is -2.47. The van der Waals surface area contributed by atoms with Crippen molar-refractivity contribution in [2.75, 3.05) is 20.1 Å². The van der Waals surface area contributed by atoms with Gasteiger partial charge in [-0.05, 0) is 43.8 Å². The van der Waals surface area contributed by atoms with Crippen LogP contribution in [0.25, 0.3) is 0 Å². The number of nitrogens with zero attached hydrogens (tertiary/aromatic N) is 3. The monoisotopic (exact) mass is 259 g/mol. The van der Waals surface area contributed by atoms with Gasteiger partial charge in [0.2, 0.25) is 5.96 Å². The van der Waals surface area contributed by atoms with E-state index in [0.717, 1.165) is 13.1 Å². The second-order valence-corrected chi connectivity index (χ2v) is 6.59. The largest absolute Gasteiger partial charge is 0.341 e. The third-order valence-electron chi connectivity index (χ3n) is 4.75. The molecular formula is C16H25N3. The van der Waals surface area contributed by atoms with E-state index in [2.05, 4.69) is 44.5 Å². The Hall–Kier alpha value is -1.25. The summed E-state index contributed by atoms with van der Waals surface area (Å²) in [5, 5.41) is 0. The van der Waals surface area contributed by atoms with E-state index in [4.69, 9.17) is 4.99 Å². The Bertz CT molecular complexity index is 496. The average Bonchev–Trinajstić information content (AvgIpc) is 2.79. The number of hydrogen-bond acceptors (Lipinski definition) is 3. The maximum Gasteiger partial charge on any atom is 0.201 e. The summed E-state index contributed by atoms with van der Waals surface area (Å²) in [4.78, 5) is 9.75. The van der Waals surface area contributed by atoms with Gasteiger partial charge in [0.1, 0.15) is 0 Å². The minimum atomic E-state index is 0.444. The molecule has 3 aliphatic rings. The van der Waals surface area contributed by atoms with Crippen molar-refractivity contribution >= 4 is 5.96 Å². The highest BCUT2D eigenvalue weighted by atomic mass is 15.4. The second-order valence-electron chi connectivity index (χ2n) is 6.59. The van der Waals surface area contributed by atoms with Gasteiger partial charge in [-0.1, -0.05) is 19.4 Å². The van der Waals surface area contributed by atoms with Crippen LogP contribution in [-0.4, -0.2) is 41.9 Å². The molecule has 3 heteroatoms. The Balaban J connectivity index is 2.03. The van der Waals surface area contributed by atoms with Crippen LogP contribution < -0.4 is 0 Å². The first-order valence-electron chi connectivity index (χ1n) is 7.44. The SMILES string of the molecule is CC1=C2CN(C)C3=NC(C(C)C)CN3C2=C(C)CC1. The van der Waals surface area contributed by atoms with E-state index in [1.165, 1.54) is 24.5 Å². The predicted octanol–water partition coefficient (Wildman–Crippen LogP) is 3.01. The quantitative estimate of drug-likeness (QED) is 0.721. The maximum absolute atomic E-state index is 4.95. The smallest absolute Gasteiger partial charge is 0.201 e. The van der Waals surface area contributed by atoms with Gasteiger partial charge in [0.05, 0.1) is 6.04 Å². The summed E-state index contributed by atoms with van der Waals surface area (Å²) in [7, 11) is 2.18. The Kier molecular flexibility index (Phi) is 2.95. The maximum atomic E-state index is 4.95. The van der Waals surface area contributed by atoms with Gasteiger partial charge < -0.3 is 9.80 Å². The zero-order valence-corrected chi connectivity index (χ0v) is 12.8. The van der Waals surface area contributed by atoms with Crippen molar-refractivity contribution in [3.05, 3.63) is 22.4 Å². The van der Waals surface area contributed by atoms with Crippen LogP contribution >= 0.6 is 0 Å². The van der Waals surface area contributed by atoms with Crippen molar-refractivity contribution < 1.29 is 0 Å². The minimum absolute atomic E-state index is 0.444. The number of guanidine groups is 1. The highest BCUT2D eigenvalue weighted by Crippen LogP contribution is 2.38. The van der Waals surface area contributed by atoms with Crippen LogP contribution in [0.5, 0.6) is 0 Å². The molecule has 1 aliphatic carbocycles. The first kappa shape index (κ1) is 12.8. The molecule has 0 radical (unpaired) electrons. The van der Waals surface area contributed by atoms with Crippen molar-refractivity contribution in [3.8, 4) is 0 Å². The molecule has 0 aromatic carbocycles. The molecule has 1 unspecified atom stereocenters. The Morgan fingerprint density at radius 1 is 1.16 bits per heavy atom.